The molecule has 0 radical (unpaired) electrons. The normalized spacial score (nSPS) is 15.0. The van der Waals surface area contributed by atoms with Gasteiger partial charge in [0.2, 0.25) is 5.91 Å². The van der Waals surface area contributed by atoms with Gasteiger partial charge < -0.3 is 5.32 Å². The number of anilines is 1. The van der Waals surface area contributed by atoms with Gasteiger partial charge >= 0.3 is 0 Å². The number of benzene rings is 2. The molecule has 1 unspecified atom stereocenters. The van der Waals surface area contributed by atoms with E-state index in [0.29, 0.717) is 12.5 Å². The highest BCUT2D eigenvalue weighted by molar-refractivity contribution is 7.98. The van der Waals surface area contributed by atoms with Crippen LogP contribution in [0.3, 0.4) is 0 Å². The van der Waals surface area contributed by atoms with E-state index in [1.54, 1.807) is 11.8 Å². The Balaban J connectivity index is 1.59. The molecule has 1 N–H and O–H groups in total. The second-order valence-electron chi connectivity index (χ2n) is 7.02. The van der Waals surface area contributed by atoms with Crippen LogP contribution in [-0.4, -0.2) is 30.2 Å². The van der Waals surface area contributed by atoms with Crippen LogP contribution < -0.4 is 5.32 Å². The van der Waals surface area contributed by atoms with Gasteiger partial charge in [-0.1, -0.05) is 42.5 Å². The Hall–Kier alpha value is -1.78. The maximum atomic E-state index is 12.5. The summed E-state index contributed by atoms with van der Waals surface area (Å²) < 4.78 is 0. The fourth-order valence-corrected chi connectivity index (χ4v) is 3.78. The fraction of sp³-hybridized carbons (Fsp3) is 0.409. The number of carbonyl (C=O) groups excluding carboxylic acids is 1. The fourth-order valence-electron chi connectivity index (χ4n) is 3.22. The molecule has 1 saturated carbocycles. The standard InChI is InChI=1S/C22H28N2OS/c1-17(19-8-4-3-5-9-19)24(16-18-12-13-18)15-14-22(25)23-20-10-6-7-11-21(20)26-2/h3-11,17-18H,12-16H2,1-2H3,(H,23,25). The first-order valence-electron chi connectivity index (χ1n) is 9.39. The third-order valence-electron chi connectivity index (χ3n) is 5.03. The molecule has 1 aliphatic rings. The number of nitrogens with one attached hydrogen (secondary N) is 1. The van der Waals surface area contributed by atoms with Crippen molar-refractivity contribution in [2.75, 3.05) is 24.7 Å². The molecule has 3 rings (SSSR count). The SMILES string of the molecule is CSc1ccccc1NC(=O)CCN(CC1CC1)C(C)c1ccccc1. The van der Waals surface area contributed by atoms with Crippen LogP contribution in [0.1, 0.15) is 37.8 Å². The smallest absolute Gasteiger partial charge is 0.225 e. The zero-order valence-corrected chi connectivity index (χ0v) is 16.5. The predicted octanol–water partition coefficient (Wildman–Crippen LogP) is 5.21. The number of para-hydroxylation sites is 1. The molecule has 1 aliphatic carbocycles. The summed E-state index contributed by atoms with van der Waals surface area (Å²) in [5.41, 5.74) is 2.23. The van der Waals surface area contributed by atoms with E-state index >= 15 is 0 Å². The summed E-state index contributed by atoms with van der Waals surface area (Å²) in [6.07, 6.45) is 5.20. The lowest BCUT2D eigenvalue weighted by Gasteiger charge is -2.29. The quantitative estimate of drug-likeness (QED) is 0.617. The second-order valence-corrected chi connectivity index (χ2v) is 7.87. The molecule has 1 atom stereocenters. The summed E-state index contributed by atoms with van der Waals surface area (Å²) in [6, 6.07) is 18.9. The molecular formula is C22H28N2OS. The summed E-state index contributed by atoms with van der Waals surface area (Å²) in [5.74, 6) is 0.897. The Labute approximate surface area is 161 Å². The lowest BCUT2D eigenvalue weighted by atomic mass is 10.1. The van der Waals surface area contributed by atoms with Crippen molar-refractivity contribution in [3.8, 4) is 0 Å². The maximum absolute atomic E-state index is 12.5. The average molecular weight is 369 g/mol. The van der Waals surface area contributed by atoms with Crippen molar-refractivity contribution in [2.24, 2.45) is 5.92 Å². The van der Waals surface area contributed by atoms with E-state index in [4.69, 9.17) is 0 Å². The van der Waals surface area contributed by atoms with Crippen molar-refractivity contribution >= 4 is 23.4 Å². The van der Waals surface area contributed by atoms with Gasteiger partial charge in [0.15, 0.2) is 0 Å². The van der Waals surface area contributed by atoms with Gasteiger partial charge in [-0.25, -0.2) is 0 Å². The molecule has 2 aromatic rings. The number of thioether (sulfide) groups is 1. The van der Waals surface area contributed by atoms with Crippen molar-refractivity contribution in [2.45, 2.75) is 37.1 Å². The minimum absolute atomic E-state index is 0.0903. The van der Waals surface area contributed by atoms with E-state index in [9.17, 15) is 4.79 Å². The average Bonchev–Trinajstić information content (AvgIpc) is 3.50. The minimum Gasteiger partial charge on any atom is -0.325 e. The second kappa shape index (κ2) is 9.24. The Kier molecular flexibility index (Phi) is 6.75. The van der Waals surface area contributed by atoms with Gasteiger partial charge in [-0.15, -0.1) is 11.8 Å². The van der Waals surface area contributed by atoms with Gasteiger partial charge in [0.1, 0.15) is 0 Å². The highest BCUT2D eigenvalue weighted by atomic mass is 32.2. The first kappa shape index (κ1) is 19.0. The Morgan fingerprint density at radius 2 is 1.85 bits per heavy atom. The molecule has 0 saturated heterocycles. The summed E-state index contributed by atoms with van der Waals surface area (Å²) in [7, 11) is 0. The lowest BCUT2D eigenvalue weighted by Crippen LogP contribution is -2.32. The van der Waals surface area contributed by atoms with Crippen molar-refractivity contribution < 1.29 is 4.79 Å². The maximum Gasteiger partial charge on any atom is 0.225 e. The van der Waals surface area contributed by atoms with Crippen LogP contribution in [0.4, 0.5) is 5.69 Å². The van der Waals surface area contributed by atoms with E-state index in [2.05, 4.69) is 47.5 Å². The van der Waals surface area contributed by atoms with Crippen LogP contribution in [0.2, 0.25) is 0 Å². The third-order valence-corrected chi connectivity index (χ3v) is 5.82. The number of hydrogen-bond acceptors (Lipinski definition) is 3. The van der Waals surface area contributed by atoms with Crippen LogP contribution in [0.25, 0.3) is 0 Å². The van der Waals surface area contributed by atoms with E-state index in [1.807, 2.05) is 30.5 Å². The van der Waals surface area contributed by atoms with Gasteiger partial charge in [0.05, 0.1) is 5.69 Å². The highest BCUT2D eigenvalue weighted by Gasteiger charge is 2.27. The van der Waals surface area contributed by atoms with E-state index in [-0.39, 0.29) is 5.91 Å². The molecule has 0 bridgehead atoms. The van der Waals surface area contributed by atoms with Crippen molar-refractivity contribution in [3.63, 3.8) is 0 Å². The van der Waals surface area contributed by atoms with Crippen molar-refractivity contribution in [1.29, 1.82) is 0 Å². The Bertz CT molecular complexity index is 715. The molecule has 1 fully saturated rings. The molecule has 138 valence electrons. The monoisotopic (exact) mass is 368 g/mol. The van der Waals surface area contributed by atoms with Crippen LogP contribution in [0, 0.1) is 5.92 Å². The molecule has 0 heterocycles. The number of rotatable bonds is 9. The molecule has 2 aromatic carbocycles. The number of carbonyl (C=O) groups is 1. The Morgan fingerprint density at radius 1 is 1.15 bits per heavy atom. The molecule has 3 nitrogen and oxygen atoms in total. The molecular weight excluding hydrogens is 340 g/mol. The zero-order chi connectivity index (χ0) is 18.4. The predicted molar refractivity (Wildman–Crippen MR) is 111 cm³/mol. The van der Waals surface area contributed by atoms with E-state index < -0.39 is 0 Å². The van der Waals surface area contributed by atoms with Gasteiger partial charge in [0.25, 0.3) is 0 Å². The minimum atomic E-state index is 0.0903. The van der Waals surface area contributed by atoms with Crippen LogP contribution in [0.15, 0.2) is 59.5 Å². The summed E-state index contributed by atoms with van der Waals surface area (Å²) in [6.45, 7) is 4.13. The largest absolute Gasteiger partial charge is 0.325 e. The first-order chi connectivity index (χ1) is 12.7. The van der Waals surface area contributed by atoms with Gasteiger partial charge in [-0.05, 0) is 49.6 Å². The number of amides is 1. The topological polar surface area (TPSA) is 32.3 Å². The molecule has 0 aliphatic heterocycles. The van der Waals surface area contributed by atoms with Gasteiger partial charge in [-0.2, -0.15) is 0 Å². The summed E-state index contributed by atoms with van der Waals surface area (Å²) in [4.78, 5) is 16.1. The number of hydrogen-bond donors (Lipinski definition) is 1. The van der Waals surface area contributed by atoms with E-state index in [1.165, 1.54) is 18.4 Å². The summed E-state index contributed by atoms with van der Waals surface area (Å²) in [5, 5.41) is 3.08. The molecule has 0 spiro atoms. The third kappa shape index (κ3) is 5.36. The first-order valence-corrected chi connectivity index (χ1v) is 10.6. The van der Waals surface area contributed by atoms with Crippen LogP contribution >= 0.6 is 11.8 Å². The van der Waals surface area contributed by atoms with Gasteiger partial charge in [-0.3, -0.25) is 9.69 Å². The number of nitrogens with zero attached hydrogens (tertiary/aromatic N) is 1. The molecule has 26 heavy (non-hydrogen) atoms. The molecule has 1 amide bonds. The van der Waals surface area contributed by atoms with Crippen LogP contribution in [-0.2, 0) is 4.79 Å². The highest BCUT2D eigenvalue weighted by Crippen LogP contribution is 2.33. The van der Waals surface area contributed by atoms with Gasteiger partial charge in [0, 0.05) is 30.4 Å². The van der Waals surface area contributed by atoms with Crippen LogP contribution in [0.5, 0.6) is 0 Å². The summed E-state index contributed by atoms with van der Waals surface area (Å²) >= 11 is 1.66. The van der Waals surface area contributed by atoms with Crippen molar-refractivity contribution in [3.05, 3.63) is 60.2 Å². The molecule has 4 heteroatoms. The van der Waals surface area contributed by atoms with E-state index in [0.717, 1.165) is 29.6 Å². The zero-order valence-electron chi connectivity index (χ0n) is 15.7. The lowest BCUT2D eigenvalue weighted by molar-refractivity contribution is -0.116. The van der Waals surface area contributed by atoms with Crippen molar-refractivity contribution in [1.82, 2.24) is 4.90 Å². The molecule has 0 aromatic heterocycles. The Morgan fingerprint density at radius 3 is 2.54 bits per heavy atom.